The Balaban J connectivity index is 1.62. The van der Waals surface area contributed by atoms with E-state index in [0.717, 1.165) is 24.4 Å². The number of nitrogens with two attached hydrogens (primary N) is 1. The summed E-state index contributed by atoms with van der Waals surface area (Å²) in [6.45, 7) is 7.02. The number of nitrogens with zero attached hydrogens (tertiary/aromatic N) is 1. The fraction of sp³-hybridized carbons (Fsp3) is 0.458. The molecule has 0 saturated carbocycles. The van der Waals surface area contributed by atoms with Gasteiger partial charge in [0.25, 0.3) is 0 Å². The van der Waals surface area contributed by atoms with E-state index in [9.17, 15) is 4.79 Å². The van der Waals surface area contributed by atoms with Crippen LogP contribution in [0.2, 0.25) is 0 Å². The predicted molar refractivity (Wildman–Crippen MR) is 117 cm³/mol. The number of amides is 1. The summed E-state index contributed by atoms with van der Waals surface area (Å²) in [5.74, 6) is 1.94. The van der Waals surface area contributed by atoms with Crippen molar-refractivity contribution in [3.63, 3.8) is 0 Å². The van der Waals surface area contributed by atoms with Gasteiger partial charge in [-0.25, -0.2) is 0 Å². The van der Waals surface area contributed by atoms with Gasteiger partial charge < -0.3 is 15.8 Å². The van der Waals surface area contributed by atoms with E-state index in [4.69, 9.17) is 10.5 Å². The Hall–Kier alpha value is -2.37. The number of rotatable bonds is 8. The first-order valence-electron chi connectivity index (χ1n) is 10.4. The fourth-order valence-electron chi connectivity index (χ4n) is 4.27. The summed E-state index contributed by atoms with van der Waals surface area (Å²) >= 11 is 0. The van der Waals surface area contributed by atoms with E-state index in [1.54, 1.807) is 7.11 Å². The zero-order chi connectivity index (χ0) is 20.8. The third kappa shape index (κ3) is 5.37. The largest absolute Gasteiger partial charge is 0.497 e. The average molecular weight is 396 g/mol. The van der Waals surface area contributed by atoms with Crippen LogP contribution in [-0.2, 0) is 4.79 Å². The van der Waals surface area contributed by atoms with Gasteiger partial charge in [-0.05, 0) is 41.6 Å². The molecule has 1 aliphatic rings. The molecule has 1 amide bonds. The van der Waals surface area contributed by atoms with Crippen LogP contribution in [0.3, 0.4) is 0 Å². The summed E-state index contributed by atoms with van der Waals surface area (Å²) in [4.78, 5) is 15.1. The van der Waals surface area contributed by atoms with Crippen molar-refractivity contribution in [1.82, 2.24) is 10.2 Å². The van der Waals surface area contributed by atoms with Crippen LogP contribution in [0.1, 0.15) is 36.9 Å². The molecular weight excluding hydrogens is 362 g/mol. The van der Waals surface area contributed by atoms with E-state index in [1.165, 1.54) is 5.56 Å². The number of likely N-dealkylation sites (tertiary alicyclic amines) is 1. The fourth-order valence-corrected chi connectivity index (χ4v) is 4.27. The van der Waals surface area contributed by atoms with E-state index in [0.29, 0.717) is 30.8 Å². The molecule has 3 rings (SSSR count). The molecule has 0 radical (unpaired) electrons. The van der Waals surface area contributed by atoms with Crippen molar-refractivity contribution in [3.05, 3.63) is 65.7 Å². The second-order valence-electron chi connectivity index (χ2n) is 8.27. The van der Waals surface area contributed by atoms with Crippen molar-refractivity contribution in [2.45, 2.75) is 25.8 Å². The summed E-state index contributed by atoms with van der Waals surface area (Å²) in [5.41, 5.74) is 8.44. The maximum Gasteiger partial charge on any atom is 0.234 e. The van der Waals surface area contributed by atoms with E-state index in [2.05, 4.69) is 48.3 Å². The minimum atomic E-state index is -0.0220. The quantitative estimate of drug-likeness (QED) is 0.720. The molecule has 0 spiro atoms. The molecule has 1 aliphatic heterocycles. The van der Waals surface area contributed by atoms with Crippen molar-refractivity contribution >= 4 is 5.91 Å². The lowest BCUT2D eigenvalue weighted by atomic mass is 9.89. The Morgan fingerprint density at radius 3 is 2.41 bits per heavy atom. The van der Waals surface area contributed by atoms with Crippen molar-refractivity contribution in [3.8, 4) is 5.75 Å². The first-order valence-corrected chi connectivity index (χ1v) is 10.4. The van der Waals surface area contributed by atoms with Gasteiger partial charge in [0.2, 0.25) is 5.91 Å². The summed E-state index contributed by atoms with van der Waals surface area (Å²) in [6, 6.07) is 18.4. The Bertz CT molecular complexity index is 776. The number of hydrogen-bond donors (Lipinski definition) is 2. The molecule has 5 heteroatoms. The Morgan fingerprint density at radius 1 is 1.14 bits per heavy atom. The Kier molecular flexibility index (Phi) is 7.29. The molecule has 2 aromatic carbocycles. The standard InChI is InChI=1S/C24H33N3O2/c1-17(2)24(19-9-11-21(29-3)12-10-19)26-23(28)16-27-14-20(13-25)22(15-27)18-7-5-4-6-8-18/h4-12,17,20,22,24H,13-16,25H2,1-3H3,(H,26,28)/t20-,22+,24?/m1/s1. The first-order chi connectivity index (χ1) is 14.0. The number of carbonyl (C=O) groups is 1. The lowest BCUT2D eigenvalue weighted by Gasteiger charge is -2.25. The third-order valence-corrected chi connectivity index (χ3v) is 5.87. The van der Waals surface area contributed by atoms with E-state index < -0.39 is 0 Å². The SMILES string of the molecule is COc1ccc(C(NC(=O)CN2C[C@@H](CN)[C@H](c3ccccc3)C2)C(C)C)cc1. The Morgan fingerprint density at radius 2 is 1.83 bits per heavy atom. The molecule has 3 N–H and O–H groups in total. The van der Waals surface area contributed by atoms with Crippen LogP contribution in [0.4, 0.5) is 0 Å². The molecule has 1 saturated heterocycles. The highest BCUT2D eigenvalue weighted by Gasteiger charge is 2.33. The third-order valence-electron chi connectivity index (χ3n) is 5.87. The molecule has 0 bridgehead atoms. The van der Waals surface area contributed by atoms with Crippen molar-refractivity contribution in [2.24, 2.45) is 17.6 Å². The number of carbonyl (C=O) groups excluding carboxylic acids is 1. The molecule has 1 fully saturated rings. The predicted octanol–water partition coefficient (Wildman–Crippen LogP) is 3.18. The van der Waals surface area contributed by atoms with Gasteiger partial charge >= 0.3 is 0 Å². The Labute approximate surface area is 174 Å². The summed E-state index contributed by atoms with van der Waals surface area (Å²) in [5, 5.41) is 3.23. The monoisotopic (exact) mass is 395 g/mol. The van der Waals surface area contributed by atoms with Crippen molar-refractivity contribution < 1.29 is 9.53 Å². The zero-order valence-electron chi connectivity index (χ0n) is 17.7. The number of benzene rings is 2. The number of hydrogen-bond acceptors (Lipinski definition) is 4. The topological polar surface area (TPSA) is 67.6 Å². The smallest absolute Gasteiger partial charge is 0.234 e. The molecule has 1 heterocycles. The van der Waals surface area contributed by atoms with Crippen LogP contribution in [0.5, 0.6) is 5.75 Å². The van der Waals surface area contributed by atoms with Crippen LogP contribution in [-0.4, -0.2) is 44.1 Å². The van der Waals surface area contributed by atoms with E-state index in [-0.39, 0.29) is 11.9 Å². The summed E-state index contributed by atoms with van der Waals surface area (Å²) in [6.07, 6.45) is 0. The van der Waals surface area contributed by atoms with Crippen molar-refractivity contribution in [1.29, 1.82) is 0 Å². The maximum absolute atomic E-state index is 12.8. The van der Waals surface area contributed by atoms with Crippen LogP contribution < -0.4 is 15.8 Å². The van der Waals surface area contributed by atoms with Gasteiger partial charge in [0.15, 0.2) is 0 Å². The lowest BCUT2D eigenvalue weighted by Crippen LogP contribution is -2.39. The average Bonchev–Trinajstić information content (AvgIpc) is 3.15. The zero-order valence-corrected chi connectivity index (χ0v) is 17.7. The minimum Gasteiger partial charge on any atom is -0.497 e. The molecule has 2 aromatic rings. The highest BCUT2D eigenvalue weighted by atomic mass is 16.5. The van der Waals surface area contributed by atoms with E-state index >= 15 is 0 Å². The number of ether oxygens (including phenoxy) is 1. The number of methoxy groups -OCH3 is 1. The second-order valence-corrected chi connectivity index (χ2v) is 8.27. The minimum absolute atomic E-state index is 0.0220. The van der Waals surface area contributed by atoms with Gasteiger partial charge in [0.1, 0.15) is 5.75 Å². The van der Waals surface area contributed by atoms with Gasteiger partial charge in [0, 0.05) is 19.0 Å². The van der Waals surface area contributed by atoms with E-state index in [1.807, 2.05) is 30.3 Å². The summed E-state index contributed by atoms with van der Waals surface area (Å²) in [7, 11) is 1.66. The van der Waals surface area contributed by atoms with Crippen LogP contribution in [0, 0.1) is 11.8 Å². The molecular formula is C24H33N3O2. The first kappa shape index (κ1) is 21.3. The molecule has 29 heavy (non-hydrogen) atoms. The summed E-state index contributed by atoms with van der Waals surface area (Å²) < 4.78 is 5.24. The second kappa shape index (κ2) is 9.90. The highest BCUT2D eigenvalue weighted by molar-refractivity contribution is 5.78. The molecule has 1 unspecified atom stereocenters. The maximum atomic E-state index is 12.8. The molecule has 5 nitrogen and oxygen atoms in total. The van der Waals surface area contributed by atoms with Crippen LogP contribution in [0.25, 0.3) is 0 Å². The molecule has 0 aliphatic carbocycles. The normalized spacial score (nSPS) is 20.6. The lowest BCUT2D eigenvalue weighted by molar-refractivity contribution is -0.123. The van der Waals surface area contributed by atoms with Gasteiger partial charge in [-0.1, -0.05) is 56.3 Å². The van der Waals surface area contributed by atoms with Crippen LogP contribution in [0.15, 0.2) is 54.6 Å². The molecule has 3 atom stereocenters. The van der Waals surface area contributed by atoms with Gasteiger partial charge in [0.05, 0.1) is 19.7 Å². The van der Waals surface area contributed by atoms with Gasteiger partial charge in [-0.3, -0.25) is 9.69 Å². The highest BCUT2D eigenvalue weighted by Crippen LogP contribution is 2.32. The molecule has 0 aromatic heterocycles. The number of nitrogens with one attached hydrogen (secondary N) is 1. The van der Waals surface area contributed by atoms with Gasteiger partial charge in [-0.2, -0.15) is 0 Å². The van der Waals surface area contributed by atoms with Crippen LogP contribution >= 0.6 is 0 Å². The van der Waals surface area contributed by atoms with Crippen molar-refractivity contribution in [2.75, 3.05) is 33.3 Å². The molecule has 156 valence electrons. The van der Waals surface area contributed by atoms with Gasteiger partial charge in [-0.15, -0.1) is 0 Å².